The van der Waals surface area contributed by atoms with E-state index in [2.05, 4.69) is 10.5 Å². The van der Waals surface area contributed by atoms with Gasteiger partial charge in [0.05, 0.1) is 18.9 Å². The van der Waals surface area contributed by atoms with Gasteiger partial charge < -0.3 is 19.5 Å². The fraction of sp³-hybridized carbons (Fsp3) is 0.160. The van der Waals surface area contributed by atoms with Crippen molar-refractivity contribution in [1.82, 2.24) is 5.43 Å². The molecule has 0 radical (unpaired) electrons. The molecule has 33 heavy (non-hydrogen) atoms. The van der Waals surface area contributed by atoms with Crippen LogP contribution < -0.4 is 19.8 Å². The molecule has 8 nitrogen and oxygen atoms in total. The maximum atomic E-state index is 12.3. The molecule has 0 spiro atoms. The largest absolute Gasteiger partial charge is 0.493 e. The molecular weight excluding hydrogens is 422 g/mol. The molecule has 0 aliphatic rings. The summed E-state index contributed by atoms with van der Waals surface area (Å²) in [6.07, 6.45) is 1.52. The van der Waals surface area contributed by atoms with Crippen molar-refractivity contribution >= 4 is 23.8 Å². The van der Waals surface area contributed by atoms with Crippen molar-refractivity contribution in [2.75, 3.05) is 26.1 Å². The van der Waals surface area contributed by atoms with Gasteiger partial charge >= 0.3 is 5.97 Å². The number of nitrogens with one attached hydrogen (secondary N) is 1. The number of anilines is 1. The number of carboxylic acid groups (broad SMARTS) is 1. The van der Waals surface area contributed by atoms with E-state index >= 15 is 0 Å². The van der Waals surface area contributed by atoms with Crippen LogP contribution in [0.1, 0.15) is 31.8 Å². The molecule has 0 unspecified atom stereocenters. The second-order valence-electron chi connectivity index (χ2n) is 7.34. The maximum absolute atomic E-state index is 12.3. The molecule has 3 aromatic rings. The van der Waals surface area contributed by atoms with Gasteiger partial charge in [0.15, 0.2) is 11.5 Å². The lowest BCUT2D eigenvalue weighted by Crippen LogP contribution is -2.18. The van der Waals surface area contributed by atoms with Crippen LogP contribution in [0.2, 0.25) is 0 Å². The number of carboxylic acids is 1. The number of hydrazone groups is 1. The molecule has 8 heteroatoms. The lowest BCUT2D eigenvalue weighted by molar-refractivity contribution is 0.0696. The normalized spacial score (nSPS) is 10.6. The summed E-state index contributed by atoms with van der Waals surface area (Å²) in [4.78, 5) is 25.2. The molecule has 0 heterocycles. The second kappa shape index (κ2) is 10.8. The Morgan fingerprint density at radius 3 is 2.42 bits per heavy atom. The minimum atomic E-state index is -0.973. The molecule has 0 aromatic heterocycles. The van der Waals surface area contributed by atoms with E-state index in [0.29, 0.717) is 22.6 Å². The molecule has 2 N–H and O–H groups in total. The van der Waals surface area contributed by atoms with Crippen molar-refractivity contribution in [2.45, 2.75) is 6.61 Å². The molecule has 0 saturated carbocycles. The van der Waals surface area contributed by atoms with E-state index in [-0.39, 0.29) is 18.1 Å². The van der Waals surface area contributed by atoms with Gasteiger partial charge in [-0.1, -0.05) is 18.2 Å². The van der Waals surface area contributed by atoms with Crippen molar-refractivity contribution in [3.05, 3.63) is 89.0 Å². The zero-order valence-electron chi connectivity index (χ0n) is 18.6. The summed E-state index contributed by atoms with van der Waals surface area (Å²) in [5.74, 6) is -0.247. The second-order valence-corrected chi connectivity index (χ2v) is 7.34. The quantitative estimate of drug-likeness (QED) is 0.382. The summed E-state index contributed by atoms with van der Waals surface area (Å²) < 4.78 is 11.2. The number of hydrogen-bond donors (Lipinski definition) is 2. The summed E-state index contributed by atoms with van der Waals surface area (Å²) in [7, 11) is 5.35. The Hall–Kier alpha value is -4.33. The first kappa shape index (κ1) is 23.3. The number of carbonyl (C=O) groups is 2. The van der Waals surface area contributed by atoms with Gasteiger partial charge in [-0.2, -0.15) is 5.10 Å². The highest BCUT2D eigenvalue weighted by molar-refractivity contribution is 5.95. The molecular formula is C25H25N3O5. The van der Waals surface area contributed by atoms with Crippen LogP contribution in [0.15, 0.2) is 71.8 Å². The van der Waals surface area contributed by atoms with Crippen molar-refractivity contribution in [2.24, 2.45) is 5.10 Å². The van der Waals surface area contributed by atoms with Gasteiger partial charge in [-0.3, -0.25) is 4.79 Å². The van der Waals surface area contributed by atoms with Gasteiger partial charge in [-0.25, -0.2) is 10.2 Å². The molecule has 0 bridgehead atoms. The van der Waals surface area contributed by atoms with Crippen molar-refractivity contribution in [1.29, 1.82) is 0 Å². The monoisotopic (exact) mass is 447 g/mol. The van der Waals surface area contributed by atoms with E-state index in [1.54, 1.807) is 42.5 Å². The third kappa shape index (κ3) is 6.33. The lowest BCUT2D eigenvalue weighted by Gasteiger charge is -2.13. The molecule has 0 atom stereocenters. The van der Waals surface area contributed by atoms with E-state index in [0.717, 1.165) is 11.3 Å². The summed E-state index contributed by atoms with van der Waals surface area (Å²) in [6.45, 7) is 0.256. The zero-order valence-corrected chi connectivity index (χ0v) is 18.6. The third-order valence-corrected chi connectivity index (χ3v) is 4.79. The number of ether oxygens (including phenoxy) is 2. The van der Waals surface area contributed by atoms with E-state index in [4.69, 9.17) is 14.6 Å². The van der Waals surface area contributed by atoms with Crippen LogP contribution in [-0.2, 0) is 6.61 Å². The lowest BCUT2D eigenvalue weighted by atomic mass is 10.1. The number of amides is 1. The fourth-order valence-electron chi connectivity index (χ4n) is 2.94. The van der Waals surface area contributed by atoms with Gasteiger partial charge in [-0.15, -0.1) is 0 Å². The Kier molecular flexibility index (Phi) is 7.64. The minimum Gasteiger partial charge on any atom is -0.493 e. The molecule has 3 aromatic carbocycles. The number of methoxy groups -OCH3 is 1. The predicted octanol–water partition coefficient (Wildman–Crippen LogP) is 3.80. The number of carbonyl (C=O) groups excluding carboxylic acids is 1. The van der Waals surface area contributed by atoms with Crippen LogP contribution >= 0.6 is 0 Å². The van der Waals surface area contributed by atoms with E-state index in [1.807, 2.05) is 31.1 Å². The van der Waals surface area contributed by atoms with Crippen molar-refractivity contribution < 1.29 is 24.2 Å². The Bertz CT molecular complexity index is 1160. The van der Waals surface area contributed by atoms with Crippen molar-refractivity contribution in [3.63, 3.8) is 0 Å². The van der Waals surface area contributed by atoms with Crippen LogP contribution in [0.4, 0.5) is 5.69 Å². The molecule has 3 rings (SSSR count). The maximum Gasteiger partial charge on any atom is 0.335 e. The molecule has 1 amide bonds. The Balaban J connectivity index is 1.61. The van der Waals surface area contributed by atoms with Crippen LogP contribution in [0.3, 0.4) is 0 Å². The molecule has 0 saturated heterocycles. The molecule has 170 valence electrons. The van der Waals surface area contributed by atoms with E-state index < -0.39 is 5.97 Å². The number of aromatic carboxylic acids is 1. The Morgan fingerprint density at radius 2 is 1.76 bits per heavy atom. The predicted molar refractivity (Wildman–Crippen MR) is 127 cm³/mol. The van der Waals surface area contributed by atoms with Crippen LogP contribution in [0, 0.1) is 0 Å². The average molecular weight is 447 g/mol. The van der Waals surface area contributed by atoms with Crippen LogP contribution in [0.25, 0.3) is 0 Å². The first-order valence-corrected chi connectivity index (χ1v) is 10.1. The summed E-state index contributed by atoms with van der Waals surface area (Å²) in [5.41, 5.74) is 5.72. The fourth-order valence-corrected chi connectivity index (χ4v) is 2.94. The van der Waals surface area contributed by atoms with E-state index in [1.165, 1.54) is 25.5 Å². The molecule has 0 aliphatic carbocycles. The average Bonchev–Trinajstić information content (AvgIpc) is 2.83. The highest BCUT2D eigenvalue weighted by Crippen LogP contribution is 2.28. The van der Waals surface area contributed by atoms with Gasteiger partial charge in [-0.05, 0) is 59.7 Å². The smallest absolute Gasteiger partial charge is 0.335 e. The standard InChI is InChI=1S/C25H25N3O5/c1-28(2)21-6-4-5-20(14-21)24(29)27-26-15-18-9-12-22(23(13-18)32-3)33-16-17-7-10-19(11-8-17)25(30)31/h4-15H,16H2,1-3H3,(H,27,29)(H,30,31)/b26-15-. The summed E-state index contributed by atoms with van der Waals surface area (Å²) in [5, 5.41) is 13.0. The SMILES string of the molecule is COc1cc(/C=N\NC(=O)c2cccc(N(C)C)c2)ccc1OCc1ccc(C(=O)O)cc1. The number of rotatable bonds is 9. The third-order valence-electron chi connectivity index (χ3n) is 4.79. The van der Waals surface area contributed by atoms with E-state index in [9.17, 15) is 9.59 Å². The molecule has 0 aliphatic heterocycles. The van der Waals surface area contributed by atoms with Crippen LogP contribution in [0.5, 0.6) is 11.5 Å². The van der Waals surface area contributed by atoms with Gasteiger partial charge in [0.1, 0.15) is 6.61 Å². The van der Waals surface area contributed by atoms with Crippen molar-refractivity contribution in [3.8, 4) is 11.5 Å². The highest BCUT2D eigenvalue weighted by Gasteiger charge is 2.08. The first-order chi connectivity index (χ1) is 15.9. The van der Waals surface area contributed by atoms with Gasteiger partial charge in [0.2, 0.25) is 0 Å². The highest BCUT2D eigenvalue weighted by atomic mass is 16.5. The number of hydrogen-bond acceptors (Lipinski definition) is 6. The number of benzene rings is 3. The first-order valence-electron chi connectivity index (χ1n) is 10.1. The number of nitrogens with zero attached hydrogens (tertiary/aromatic N) is 2. The Labute approximate surface area is 192 Å². The minimum absolute atomic E-state index is 0.220. The zero-order chi connectivity index (χ0) is 23.8. The Morgan fingerprint density at radius 1 is 1.00 bits per heavy atom. The molecule has 0 fully saturated rings. The topological polar surface area (TPSA) is 100 Å². The van der Waals surface area contributed by atoms with Gasteiger partial charge in [0, 0.05) is 25.3 Å². The van der Waals surface area contributed by atoms with Gasteiger partial charge in [0.25, 0.3) is 5.91 Å². The summed E-state index contributed by atoms with van der Waals surface area (Å²) >= 11 is 0. The summed E-state index contributed by atoms with van der Waals surface area (Å²) in [6, 6.07) is 19.0. The van der Waals surface area contributed by atoms with Crippen LogP contribution in [-0.4, -0.2) is 44.4 Å².